The van der Waals surface area contributed by atoms with Crippen LogP contribution < -0.4 is 0 Å². The highest BCUT2D eigenvalue weighted by Gasteiger charge is 2.21. The van der Waals surface area contributed by atoms with Crippen LogP contribution in [0.15, 0.2) is 0 Å². The van der Waals surface area contributed by atoms with E-state index in [0.717, 1.165) is 12.2 Å². The fourth-order valence-corrected chi connectivity index (χ4v) is 1.81. The SMILES string of the molecule is ClC1CCSOC1Cl. The number of halogens is 2. The molecule has 0 radical (unpaired) electrons. The Morgan fingerprint density at radius 2 is 2.25 bits per heavy atom. The van der Waals surface area contributed by atoms with Gasteiger partial charge in [-0.3, -0.25) is 4.18 Å². The van der Waals surface area contributed by atoms with Crippen molar-refractivity contribution in [1.29, 1.82) is 0 Å². The molecule has 4 heteroatoms. The molecular formula is C4H6Cl2OS. The molecule has 0 aromatic carbocycles. The first-order valence-corrected chi connectivity index (χ1v) is 4.15. The number of hydrogen-bond donors (Lipinski definition) is 0. The Hall–Kier alpha value is 0.890. The van der Waals surface area contributed by atoms with Gasteiger partial charge >= 0.3 is 0 Å². The van der Waals surface area contributed by atoms with E-state index in [9.17, 15) is 0 Å². The maximum atomic E-state index is 5.70. The highest BCUT2D eigenvalue weighted by atomic mass is 35.5. The molecule has 0 bridgehead atoms. The Bertz CT molecular complexity index is 70.4. The zero-order chi connectivity index (χ0) is 5.98. The predicted molar refractivity (Wildman–Crippen MR) is 37.4 cm³/mol. The molecule has 48 valence electrons. The normalized spacial score (nSPS) is 39.8. The summed E-state index contributed by atoms with van der Waals surface area (Å²) >= 11 is 12.7. The third-order valence-corrected chi connectivity index (χ3v) is 2.74. The van der Waals surface area contributed by atoms with Crippen molar-refractivity contribution in [2.45, 2.75) is 17.4 Å². The topological polar surface area (TPSA) is 9.23 Å². The molecule has 0 saturated carbocycles. The van der Waals surface area contributed by atoms with Crippen LogP contribution in [-0.2, 0) is 4.18 Å². The first kappa shape index (κ1) is 7.00. The van der Waals surface area contributed by atoms with E-state index < -0.39 is 0 Å². The Balaban J connectivity index is 2.28. The lowest BCUT2D eigenvalue weighted by Crippen LogP contribution is -2.21. The van der Waals surface area contributed by atoms with Gasteiger partial charge in [-0.05, 0) is 18.5 Å². The Morgan fingerprint density at radius 1 is 1.50 bits per heavy atom. The quantitative estimate of drug-likeness (QED) is 0.410. The fourth-order valence-electron chi connectivity index (χ4n) is 0.465. The highest BCUT2D eigenvalue weighted by molar-refractivity contribution is 7.94. The molecule has 1 saturated heterocycles. The maximum Gasteiger partial charge on any atom is 0.162 e. The molecule has 1 fully saturated rings. The third-order valence-electron chi connectivity index (χ3n) is 0.921. The predicted octanol–water partition coefficient (Wildman–Crippen LogP) is 2.23. The molecule has 2 atom stereocenters. The summed E-state index contributed by atoms with van der Waals surface area (Å²) in [6, 6.07) is 0. The van der Waals surface area contributed by atoms with Crippen LogP contribution in [0.3, 0.4) is 0 Å². The summed E-state index contributed by atoms with van der Waals surface area (Å²) in [6.07, 6.45) is 0.945. The standard InChI is InChI=1S/C4H6Cl2OS/c5-3-1-2-8-7-4(3)6/h3-4H,1-2H2. The van der Waals surface area contributed by atoms with Crippen molar-refractivity contribution in [1.82, 2.24) is 0 Å². The van der Waals surface area contributed by atoms with E-state index >= 15 is 0 Å². The van der Waals surface area contributed by atoms with E-state index in [4.69, 9.17) is 27.4 Å². The van der Waals surface area contributed by atoms with Crippen LogP contribution in [0.25, 0.3) is 0 Å². The third kappa shape index (κ3) is 1.69. The number of rotatable bonds is 0. The Labute approximate surface area is 62.9 Å². The monoisotopic (exact) mass is 172 g/mol. The van der Waals surface area contributed by atoms with Gasteiger partial charge in [0.25, 0.3) is 0 Å². The van der Waals surface area contributed by atoms with E-state index in [1.807, 2.05) is 0 Å². The van der Waals surface area contributed by atoms with Gasteiger partial charge in [0.2, 0.25) is 0 Å². The molecule has 0 N–H and O–H groups in total. The summed E-state index contributed by atoms with van der Waals surface area (Å²) in [6.45, 7) is 0. The van der Waals surface area contributed by atoms with E-state index in [1.54, 1.807) is 0 Å². The summed E-state index contributed by atoms with van der Waals surface area (Å²) in [5.41, 5.74) is -0.296. The summed E-state index contributed by atoms with van der Waals surface area (Å²) in [4.78, 5) is 0. The van der Waals surface area contributed by atoms with Gasteiger partial charge in [0.1, 0.15) is 0 Å². The van der Waals surface area contributed by atoms with Gasteiger partial charge < -0.3 is 0 Å². The first-order chi connectivity index (χ1) is 3.80. The fraction of sp³-hybridized carbons (Fsp3) is 1.00. The minimum atomic E-state index is -0.296. The minimum absolute atomic E-state index is 0.00193. The number of alkyl halides is 2. The van der Waals surface area contributed by atoms with Crippen LogP contribution in [0.5, 0.6) is 0 Å². The lowest BCUT2D eigenvalue weighted by molar-refractivity contribution is 0.307. The van der Waals surface area contributed by atoms with Gasteiger partial charge in [-0.1, -0.05) is 11.6 Å². The van der Waals surface area contributed by atoms with Crippen LogP contribution in [0.1, 0.15) is 6.42 Å². The van der Waals surface area contributed by atoms with Crippen molar-refractivity contribution < 1.29 is 4.18 Å². The summed E-state index contributed by atoms with van der Waals surface area (Å²) in [5.74, 6) is 0.956. The average molecular weight is 173 g/mol. The summed E-state index contributed by atoms with van der Waals surface area (Å²) in [5, 5.41) is -0.00193. The number of hydrogen-bond acceptors (Lipinski definition) is 2. The molecule has 0 spiro atoms. The van der Waals surface area contributed by atoms with Crippen molar-refractivity contribution >= 4 is 35.2 Å². The molecule has 1 aliphatic rings. The van der Waals surface area contributed by atoms with E-state index in [-0.39, 0.29) is 10.9 Å². The Morgan fingerprint density at radius 3 is 2.62 bits per heavy atom. The van der Waals surface area contributed by atoms with Crippen LogP contribution in [0.2, 0.25) is 0 Å². The Kier molecular flexibility index (Phi) is 2.76. The van der Waals surface area contributed by atoms with Gasteiger partial charge in [-0.15, -0.1) is 11.6 Å². The van der Waals surface area contributed by atoms with Crippen LogP contribution in [0, 0.1) is 0 Å². The van der Waals surface area contributed by atoms with Crippen molar-refractivity contribution in [2.75, 3.05) is 5.75 Å². The van der Waals surface area contributed by atoms with Gasteiger partial charge in [-0.2, -0.15) is 0 Å². The van der Waals surface area contributed by atoms with Crippen molar-refractivity contribution in [3.05, 3.63) is 0 Å². The largest absolute Gasteiger partial charge is 0.295 e. The molecule has 1 nitrogen and oxygen atoms in total. The molecule has 1 aliphatic heterocycles. The minimum Gasteiger partial charge on any atom is -0.295 e. The molecule has 0 aliphatic carbocycles. The molecular weight excluding hydrogens is 167 g/mol. The lowest BCUT2D eigenvalue weighted by atomic mass is 10.3. The molecule has 2 unspecified atom stereocenters. The lowest BCUT2D eigenvalue weighted by Gasteiger charge is -2.19. The summed E-state index contributed by atoms with van der Waals surface area (Å²) in [7, 11) is 0. The highest BCUT2D eigenvalue weighted by Crippen LogP contribution is 2.27. The molecule has 0 amide bonds. The zero-order valence-corrected chi connectivity index (χ0v) is 6.47. The van der Waals surface area contributed by atoms with Gasteiger partial charge in [0.05, 0.1) is 5.38 Å². The van der Waals surface area contributed by atoms with Crippen molar-refractivity contribution in [3.63, 3.8) is 0 Å². The molecule has 1 heterocycles. The van der Waals surface area contributed by atoms with Gasteiger partial charge in [0, 0.05) is 5.75 Å². The average Bonchev–Trinajstić information content (AvgIpc) is 1.77. The smallest absolute Gasteiger partial charge is 0.162 e. The van der Waals surface area contributed by atoms with Crippen LogP contribution >= 0.6 is 35.2 Å². The van der Waals surface area contributed by atoms with Crippen molar-refractivity contribution in [2.24, 2.45) is 0 Å². The van der Waals surface area contributed by atoms with E-state index in [0.29, 0.717) is 0 Å². The van der Waals surface area contributed by atoms with E-state index in [1.165, 1.54) is 12.0 Å². The van der Waals surface area contributed by atoms with Gasteiger partial charge in [-0.25, -0.2) is 0 Å². The van der Waals surface area contributed by atoms with Crippen molar-refractivity contribution in [3.8, 4) is 0 Å². The van der Waals surface area contributed by atoms with Crippen LogP contribution in [0.4, 0.5) is 0 Å². The second kappa shape index (κ2) is 3.16. The first-order valence-electron chi connectivity index (χ1n) is 2.37. The molecule has 1 rings (SSSR count). The second-order valence-electron chi connectivity index (χ2n) is 1.57. The maximum absolute atomic E-state index is 5.70. The summed E-state index contributed by atoms with van der Waals surface area (Å²) < 4.78 is 4.94. The molecule has 0 aromatic rings. The second-order valence-corrected chi connectivity index (χ2v) is 3.40. The molecule has 0 aromatic heterocycles. The van der Waals surface area contributed by atoms with Gasteiger partial charge in [0.15, 0.2) is 5.56 Å². The van der Waals surface area contributed by atoms with E-state index in [2.05, 4.69) is 0 Å². The molecule has 8 heavy (non-hydrogen) atoms. The van der Waals surface area contributed by atoms with Crippen LogP contribution in [-0.4, -0.2) is 16.7 Å². The zero-order valence-electron chi connectivity index (χ0n) is 4.14.